The van der Waals surface area contributed by atoms with Crippen molar-refractivity contribution in [2.75, 3.05) is 6.61 Å². The molecule has 4 rings (SSSR count). The van der Waals surface area contributed by atoms with Crippen LogP contribution < -0.4 is 0 Å². The van der Waals surface area contributed by atoms with Crippen molar-refractivity contribution in [3.05, 3.63) is 0 Å². The Labute approximate surface area is 140 Å². The average molecular weight is 322 g/mol. The molecule has 3 heteroatoms. The predicted molar refractivity (Wildman–Crippen MR) is 89.8 cm³/mol. The van der Waals surface area contributed by atoms with Gasteiger partial charge in [0, 0.05) is 6.61 Å². The molecule has 0 aromatic carbocycles. The molecule has 4 saturated carbocycles. The fraction of sp³-hybridized carbons (Fsp3) is 1.00. The lowest BCUT2D eigenvalue weighted by atomic mass is 9.37. The molecule has 0 unspecified atom stereocenters. The molecular formula is C20H34O3. The maximum absolute atomic E-state index is 11.1. The van der Waals surface area contributed by atoms with Gasteiger partial charge in [-0.25, -0.2) is 0 Å². The molecule has 4 aliphatic rings. The van der Waals surface area contributed by atoms with Crippen molar-refractivity contribution < 1.29 is 15.3 Å². The molecule has 0 saturated heterocycles. The molecular weight excluding hydrogens is 288 g/mol. The molecule has 3 nitrogen and oxygen atoms in total. The van der Waals surface area contributed by atoms with E-state index in [0.717, 1.165) is 38.5 Å². The maximum Gasteiger partial charge on any atom is 0.0596 e. The van der Waals surface area contributed by atoms with Gasteiger partial charge in [-0.2, -0.15) is 0 Å². The first kappa shape index (κ1) is 16.4. The summed E-state index contributed by atoms with van der Waals surface area (Å²) in [5.74, 6) is 0.646. The minimum absolute atomic E-state index is 0.0689. The number of aliphatic hydroxyl groups excluding tert-OH is 3. The summed E-state index contributed by atoms with van der Waals surface area (Å²) in [4.78, 5) is 0. The highest BCUT2D eigenvalue weighted by molar-refractivity contribution is 5.20. The zero-order valence-electron chi connectivity index (χ0n) is 15.0. The number of aliphatic hydroxyl groups is 3. The van der Waals surface area contributed by atoms with Gasteiger partial charge in [-0.15, -0.1) is 0 Å². The van der Waals surface area contributed by atoms with E-state index in [1.807, 2.05) is 0 Å². The molecule has 0 aromatic rings. The van der Waals surface area contributed by atoms with Crippen LogP contribution in [0.2, 0.25) is 0 Å². The van der Waals surface area contributed by atoms with E-state index in [1.165, 1.54) is 12.8 Å². The summed E-state index contributed by atoms with van der Waals surface area (Å²) >= 11 is 0. The zero-order valence-corrected chi connectivity index (χ0v) is 15.0. The Kier molecular flexibility index (Phi) is 3.37. The fourth-order valence-electron chi connectivity index (χ4n) is 8.09. The van der Waals surface area contributed by atoms with E-state index in [0.29, 0.717) is 5.92 Å². The Morgan fingerprint density at radius 3 is 2.39 bits per heavy atom. The predicted octanol–water partition coefficient (Wildman–Crippen LogP) is 3.11. The van der Waals surface area contributed by atoms with Gasteiger partial charge in [0.15, 0.2) is 0 Å². The summed E-state index contributed by atoms with van der Waals surface area (Å²) in [5, 5.41) is 31.9. The van der Waals surface area contributed by atoms with Crippen LogP contribution in [-0.2, 0) is 0 Å². The third kappa shape index (κ3) is 1.82. The van der Waals surface area contributed by atoms with Gasteiger partial charge in [0.25, 0.3) is 0 Å². The van der Waals surface area contributed by atoms with Crippen LogP contribution in [0.25, 0.3) is 0 Å². The van der Waals surface area contributed by atoms with Crippen molar-refractivity contribution in [1.29, 1.82) is 0 Å². The van der Waals surface area contributed by atoms with E-state index < -0.39 is 0 Å². The summed E-state index contributed by atoms with van der Waals surface area (Å²) in [6.45, 7) is 7.08. The van der Waals surface area contributed by atoms with Crippen LogP contribution in [-0.4, -0.2) is 34.1 Å². The Hall–Kier alpha value is -0.120. The topological polar surface area (TPSA) is 60.7 Å². The Morgan fingerprint density at radius 1 is 0.957 bits per heavy atom. The normalized spacial score (nSPS) is 61.8. The molecule has 0 amide bonds. The highest BCUT2D eigenvalue weighted by Crippen LogP contribution is 2.76. The van der Waals surface area contributed by atoms with Crippen LogP contribution in [0, 0.1) is 33.5 Å². The highest BCUT2D eigenvalue weighted by Gasteiger charge is 2.71. The van der Waals surface area contributed by atoms with Crippen molar-refractivity contribution in [3.8, 4) is 0 Å². The van der Waals surface area contributed by atoms with Gasteiger partial charge in [-0.3, -0.25) is 0 Å². The van der Waals surface area contributed by atoms with E-state index in [2.05, 4.69) is 20.8 Å². The third-order valence-corrected chi connectivity index (χ3v) is 9.25. The Bertz CT molecular complexity index is 507. The second-order valence-electron chi connectivity index (χ2n) is 10.3. The average Bonchev–Trinajstić information content (AvgIpc) is 2.81. The Balaban J connectivity index is 1.82. The molecule has 0 radical (unpaired) electrons. The molecule has 0 aromatic heterocycles. The van der Waals surface area contributed by atoms with E-state index in [1.54, 1.807) is 0 Å². The number of hydrogen-bond donors (Lipinski definition) is 3. The first-order valence-corrected chi connectivity index (χ1v) is 9.68. The zero-order chi connectivity index (χ0) is 16.7. The fourth-order valence-corrected chi connectivity index (χ4v) is 8.09. The molecule has 132 valence electrons. The van der Waals surface area contributed by atoms with Gasteiger partial charge >= 0.3 is 0 Å². The lowest BCUT2D eigenvalue weighted by molar-refractivity contribution is -0.235. The summed E-state index contributed by atoms with van der Waals surface area (Å²) in [5.41, 5.74) is 0.283. The number of rotatable bonds is 1. The van der Waals surface area contributed by atoms with Gasteiger partial charge in [0.05, 0.1) is 12.2 Å². The molecule has 4 fully saturated rings. The van der Waals surface area contributed by atoms with E-state index in [9.17, 15) is 15.3 Å². The molecule has 1 spiro atoms. The van der Waals surface area contributed by atoms with E-state index >= 15 is 0 Å². The standard InChI is InChI=1S/C20H34O3/c1-17-7-8-20(11-17)13(10-15(17)23)9-14(22)16-18(2,12-21)5-4-6-19(16,20)3/h13-16,21-23H,4-12H2,1-3H3/t13-,14+,15+,16-,17-,18-,19-,20-/m0/s1. The van der Waals surface area contributed by atoms with E-state index in [4.69, 9.17) is 0 Å². The summed E-state index contributed by atoms with van der Waals surface area (Å²) in [6.07, 6.45) is 7.96. The first-order chi connectivity index (χ1) is 10.7. The second-order valence-corrected chi connectivity index (χ2v) is 10.3. The molecule has 0 heterocycles. The van der Waals surface area contributed by atoms with Crippen LogP contribution in [0.1, 0.15) is 72.1 Å². The van der Waals surface area contributed by atoms with Crippen LogP contribution in [0.4, 0.5) is 0 Å². The maximum atomic E-state index is 11.1. The lowest BCUT2D eigenvalue weighted by Gasteiger charge is -2.68. The lowest BCUT2D eigenvalue weighted by Crippen LogP contribution is -2.65. The minimum Gasteiger partial charge on any atom is -0.396 e. The monoisotopic (exact) mass is 322 g/mol. The smallest absolute Gasteiger partial charge is 0.0596 e. The van der Waals surface area contributed by atoms with Crippen molar-refractivity contribution >= 4 is 0 Å². The van der Waals surface area contributed by atoms with Gasteiger partial charge < -0.3 is 15.3 Å². The van der Waals surface area contributed by atoms with Gasteiger partial charge in [0.2, 0.25) is 0 Å². The van der Waals surface area contributed by atoms with Gasteiger partial charge in [-0.1, -0.05) is 27.2 Å². The Morgan fingerprint density at radius 2 is 1.70 bits per heavy atom. The van der Waals surface area contributed by atoms with Crippen LogP contribution in [0.15, 0.2) is 0 Å². The first-order valence-electron chi connectivity index (χ1n) is 9.68. The van der Waals surface area contributed by atoms with Crippen molar-refractivity contribution in [3.63, 3.8) is 0 Å². The highest BCUT2D eigenvalue weighted by atomic mass is 16.3. The SMILES string of the molecule is C[C@]12CC[C@]3(C1)[C@@H](C[C@@H](O)[C@H]1[C@](C)(CO)CCC[C@@]13C)C[C@H]2O. The van der Waals surface area contributed by atoms with Crippen molar-refractivity contribution in [2.45, 2.75) is 84.3 Å². The largest absolute Gasteiger partial charge is 0.396 e. The summed E-state index contributed by atoms with van der Waals surface area (Å²) in [6, 6.07) is 0. The number of fused-ring (bicyclic) bond motifs is 2. The molecule has 3 N–H and O–H groups in total. The van der Waals surface area contributed by atoms with Gasteiger partial charge in [-0.05, 0) is 78.4 Å². The molecule has 4 aliphatic carbocycles. The number of hydrogen-bond acceptors (Lipinski definition) is 3. The van der Waals surface area contributed by atoms with Crippen LogP contribution in [0.5, 0.6) is 0 Å². The summed E-state index contributed by atoms with van der Waals surface area (Å²) in [7, 11) is 0. The quantitative estimate of drug-likeness (QED) is 0.695. The van der Waals surface area contributed by atoms with E-state index in [-0.39, 0.29) is 46.4 Å². The van der Waals surface area contributed by atoms with Crippen LogP contribution in [0.3, 0.4) is 0 Å². The molecule has 8 atom stereocenters. The minimum atomic E-state index is -0.328. The van der Waals surface area contributed by atoms with Crippen LogP contribution >= 0.6 is 0 Å². The molecule has 0 aliphatic heterocycles. The second kappa shape index (κ2) is 4.74. The molecule has 23 heavy (non-hydrogen) atoms. The van der Waals surface area contributed by atoms with Crippen molar-refractivity contribution in [2.24, 2.45) is 33.5 Å². The third-order valence-electron chi connectivity index (χ3n) is 9.25. The van der Waals surface area contributed by atoms with Gasteiger partial charge in [0.1, 0.15) is 0 Å². The molecule has 2 bridgehead atoms. The summed E-state index contributed by atoms with van der Waals surface area (Å²) < 4.78 is 0. The van der Waals surface area contributed by atoms with Crippen molar-refractivity contribution in [1.82, 2.24) is 0 Å².